The number of rotatable bonds is 6. The van der Waals surface area contributed by atoms with Crippen LogP contribution in [0.15, 0.2) is 36.4 Å². The van der Waals surface area contributed by atoms with Gasteiger partial charge in [0.25, 0.3) is 5.69 Å². The van der Waals surface area contributed by atoms with Gasteiger partial charge in [-0.05, 0) is 31.2 Å². The van der Waals surface area contributed by atoms with Crippen molar-refractivity contribution in [1.29, 1.82) is 0 Å². The number of hydrogen-bond acceptors (Lipinski definition) is 6. The van der Waals surface area contributed by atoms with Crippen molar-refractivity contribution in [3.05, 3.63) is 68.2 Å². The quantitative estimate of drug-likeness (QED) is 0.335. The molecule has 0 amide bonds. The van der Waals surface area contributed by atoms with Gasteiger partial charge in [0.2, 0.25) is 0 Å². The van der Waals surface area contributed by atoms with Gasteiger partial charge >= 0.3 is 5.97 Å². The summed E-state index contributed by atoms with van der Waals surface area (Å²) >= 11 is 5.90. The standard InChI is InChI=1S/C17H14ClNO6/c1-10(20)11-3-6-16(24-2)12(7-11)9-25-17(21)14-5-4-13(19(22)23)8-15(14)18/h3-8H,9H2,1-2H3. The van der Waals surface area contributed by atoms with Gasteiger partial charge in [-0.15, -0.1) is 0 Å². The van der Waals surface area contributed by atoms with Crippen molar-refractivity contribution in [3.63, 3.8) is 0 Å². The summed E-state index contributed by atoms with van der Waals surface area (Å²) in [4.78, 5) is 33.7. The van der Waals surface area contributed by atoms with E-state index in [0.717, 1.165) is 6.07 Å². The molecule has 25 heavy (non-hydrogen) atoms. The summed E-state index contributed by atoms with van der Waals surface area (Å²) in [6, 6.07) is 8.27. The maximum atomic E-state index is 12.2. The summed E-state index contributed by atoms with van der Waals surface area (Å²) in [7, 11) is 1.46. The first-order chi connectivity index (χ1) is 11.8. The van der Waals surface area contributed by atoms with E-state index in [1.54, 1.807) is 18.2 Å². The number of nitro groups is 1. The Kier molecular flexibility index (Phi) is 5.71. The predicted molar refractivity (Wildman–Crippen MR) is 90.2 cm³/mol. The fourth-order valence-corrected chi connectivity index (χ4v) is 2.37. The molecule has 0 radical (unpaired) electrons. The lowest BCUT2D eigenvalue weighted by atomic mass is 10.1. The lowest BCUT2D eigenvalue weighted by molar-refractivity contribution is -0.384. The van der Waals surface area contributed by atoms with Crippen LogP contribution in [0.5, 0.6) is 5.75 Å². The van der Waals surface area contributed by atoms with Crippen molar-refractivity contribution in [2.24, 2.45) is 0 Å². The number of nitrogens with zero attached hydrogens (tertiary/aromatic N) is 1. The van der Waals surface area contributed by atoms with Crippen molar-refractivity contribution in [2.75, 3.05) is 7.11 Å². The van der Waals surface area contributed by atoms with Gasteiger partial charge in [-0.25, -0.2) is 4.79 Å². The van der Waals surface area contributed by atoms with E-state index in [4.69, 9.17) is 21.1 Å². The molecule has 0 fully saturated rings. The average molecular weight is 364 g/mol. The number of ether oxygens (including phenoxy) is 2. The number of carbonyl (C=O) groups is 2. The molecule has 0 heterocycles. The number of benzene rings is 2. The molecule has 0 saturated carbocycles. The van der Waals surface area contributed by atoms with E-state index in [9.17, 15) is 19.7 Å². The van der Waals surface area contributed by atoms with Crippen LogP contribution in [0, 0.1) is 10.1 Å². The van der Waals surface area contributed by atoms with Crippen LogP contribution in [0.2, 0.25) is 5.02 Å². The second-order valence-electron chi connectivity index (χ2n) is 5.08. The third-order valence-electron chi connectivity index (χ3n) is 3.43. The Morgan fingerprint density at radius 1 is 1.20 bits per heavy atom. The first-order valence-electron chi connectivity index (χ1n) is 7.12. The lowest BCUT2D eigenvalue weighted by Gasteiger charge is -2.11. The predicted octanol–water partition coefficient (Wildman–Crippen LogP) is 3.82. The van der Waals surface area contributed by atoms with Crippen molar-refractivity contribution >= 4 is 29.0 Å². The fourth-order valence-electron chi connectivity index (χ4n) is 2.11. The number of esters is 1. The molecule has 8 heteroatoms. The largest absolute Gasteiger partial charge is 0.496 e. The highest BCUT2D eigenvalue weighted by Crippen LogP contribution is 2.25. The first-order valence-corrected chi connectivity index (χ1v) is 7.50. The number of non-ortho nitro benzene ring substituents is 1. The molecule has 2 aromatic rings. The molecule has 0 saturated heterocycles. The molecule has 130 valence electrons. The molecule has 0 aliphatic rings. The molecular formula is C17H14ClNO6. The lowest BCUT2D eigenvalue weighted by Crippen LogP contribution is -2.08. The third kappa shape index (κ3) is 4.33. The first kappa shape index (κ1) is 18.4. The molecular weight excluding hydrogens is 350 g/mol. The Hall–Kier alpha value is -2.93. The zero-order valence-corrected chi connectivity index (χ0v) is 14.2. The number of halogens is 1. The summed E-state index contributed by atoms with van der Waals surface area (Å²) < 4.78 is 10.4. The number of ketones is 1. The molecule has 0 spiro atoms. The third-order valence-corrected chi connectivity index (χ3v) is 3.74. The topological polar surface area (TPSA) is 95.7 Å². The van der Waals surface area contributed by atoms with Crippen LogP contribution in [-0.4, -0.2) is 23.8 Å². The molecule has 0 aliphatic carbocycles. The Bertz CT molecular complexity index is 849. The van der Waals surface area contributed by atoms with Crippen molar-refractivity contribution < 1.29 is 24.0 Å². The Labute approximate surface area is 148 Å². The van der Waals surface area contributed by atoms with Crippen LogP contribution in [0.25, 0.3) is 0 Å². The molecule has 2 aromatic carbocycles. The number of carbonyl (C=O) groups excluding carboxylic acids is 2. The highest BCUT2D eigenvalue weighted by atomic mass is 35.5. The zero-order valence-electron chi connectivity index (χ0n) is 13.4. The van der Waals surface area contributed by atoms with Crippen LogP contribution >= 0.6 is 11.6 Å². The van der Waals surface area contributed by atoms with Gasteiger partial charge in [0.15, 0.2) is 5.78 Å². The number of hydrogen-bond donors (Lipinski definition) is 0. The molecule has 0 bridgehead atoms. The molecule has 0 N–H and O–H groups in total. The normalized spacial score (nSPS) is 10.2. The van der Waals surface area contributed by atoms with E-state index in [-0.39, 0.29) is 28.7 Å². The number of Topliss-reactive ketones (excluding diaryl/α,β-unsaturated/α-hetero) is 1. The van der Waals surface area contributed by atoms with E-state index in [1.807, 2.05) is 0 Å². The summed E-state index contributed by atoms with van der Waals surface area (Å²) in [5.74, 6) is -0.406. The minimum Gasteiger partial charge on any atom is -0.496 e. The van der Waals surface area contributed by atoms with Crippen LogP contribution < -0.4 is 4.74 Å². The summed E-state index contributed by atoms with van der Waals surface area (Å²) in [6.45, 7) is 1.28. The highest BCUT2D eigenvalue weighted by Gasteiger charge is 2.17. The second kappa shape index (κ2) is 7.76. The van der Waals surface area contributed by atoms with Gasteiger partial charge < -0.3 is 9.47 Å². The van der Waals surface area contributed by atoms with Crippen molar-refractivity contribution in [2.45, 2.75) is 13.5 Å². The van der Waals surface area contributed by atoms with E-state index in [1.165, 1.54) is 26.2 Å². The van der Waals surface area contributed by atoms with E-state index < -0.39 is 10.9 Å². The van der Waals surface area contributed by atoms with Crippen molar-refractivity contribution in [3.8, 4) is 5.75 Å². The molecule has 7 nitrogen and oxygen atoms in total. The van der Waals surface area contributed by atoms with Crippen molar-refractivity contribution in [1.82, 2.24) is 0 Å². The Balaban J connectivity index is 2.18. The molecule has 0 atom stereocenters. The highest BCUT2D eigenvalue weighted by molar-refractivity contribution is 6.33. The van der Waals surface area contributed by atoms with Gasteiger partial charge in [-0.1, -0.05) is 11.6 Å². The summed E-state index contributed by atoms with van der Waals surface area (Å²) in [5, 5.41) is 10.6. The van der Waals surface area contributed by atoms with Crippen LogP contribution in [0.1, 0.15) is 33.2 Å². The fraction of sp³-hybridized carbons (Fsp3) is 0.176. The number of methoxy groups -OCH3 is 1. The monoisotopic (exact) mass is 363 g/mol. The van der Waals surface area contributed by atoms with Gasteiger partial charge in [0.1, 0.15) is 12.4 Å². The average Bonchev–Trinajstić information content (AvgIpc) is 2.59. The summed E-state index contributed by atoms with van der Waals surface area (Å²) in [6.07, 6.45) is 0. The van der Waals surface area contributed by atoms with Crippen LogP contribution in [0.4, 0.5) is 5.69 Å². The van der Waals surface area contributed by atoms with Gasteiger partial charge in [-0.3, -0.25) is 14.9 Å². The molecule has 2 rings (SSSR count). The maximum absolute atomic E-state index is 12.2. The minimum atomic E-state index is -0.741. The van der Waals surface area contributed by atoms with Crippen LogP contribution in [0.3, 0.4) is 0 Å². The number of nitro benzene ring substituents is 1. The van der Waals surface area contributed by atoms with E-state index in [2.05, 4.69) is 0 Å². The Morgan fingerprint density at radius 3 is 2.48 bits per heavy atom. The molecule has 0 unspecified atom stereocenters. The molecule has 0 aromatic heterocycles. The smallest absolute Gasteiger partial charge is 0.339 e. The second-order valence-corrected chi connectivity index (χ2v) is 5.49. The SMILES string of the molecule is COc1ccc(C(C)=O)cc1COC(=O)c1ccc([N+](=O)[O-])cc1Cl. The Morgan fingerprint density at radius 2 is 1.92 bits per heavy atom. The van der Waals surface area contributed by atoms with Gasteiger partial charge in [-0.2, -0.15) is 0 Å². The minimum absolute atomic E-state index is 0.00829. The maximum Gasteiger partial charge on any atom is 0.339 e. The zero-order chi connectivity index (χ0) is 18.6. The van der Waals surface area contributed by atoms with Gasteiger partial charge in [0.05, 0.1) is 22.6 Å². The molecule has 0 aliphatic heterocycles. The van der Waals surface area contributed by atoms with Crippen LogP contribution in [-0.2, 0) is 11.3 Å². The van der Waals surface area contributed by atoms with E-state index >= 15 is 0 Å². The van der Waals surface area contributed by atoms with Gasteiger partial charge in [0, 0.05) is 23.3 Å². The summed E-state index contributed by atoms with van der Waals surface area (Å²) in [5.41, 5.74) is 0.758. The van der Waals surface area contributed by atoms with E-state index in [0.29, 0.717) is 16.9 Å².